The fourth-order valence-corrected chi connectivity index (χ4v) is 4.07. The molecule has 1 N–H and O–H groups in total. The van der Waals surface area contributed by atoms with E-state index < -0.39 is 6.04 Å². The third-order valence-corrected chi connectivity index (χ3v) is 6.09. The quantitative estimate of drug-likeness (QED) is 0.409. The zero-order valence-corrected chi connectivity index (χ0v) is 22.0. The number of methoxy groups -OCH3 is 2. The Morgan fingerprint density at radius 3 is 2.32 bits per heavy atom. The summed E-state index contributed by atoms with van der Waals surface area (Å²) in [6.07, 6.45) is 1.21. The number of ether oxygens (including phenoxy) is 2. The fraction of sp³-hybridized carbons (Fsp3) is 0.462. The van der Waals surface area contributed by atoms with Crippen molar-refractivity contribution in [3.05, 3.63) is 57.6 Å². The molecule has 0 fully saturated rings. The molecule has 2 amide bonds. The molecule has 2 aromatic rings. The van der Waals surface area contributed by atoms with E-state index in [1.54, 1.807) is 37.3 Å². The summed E-state index contributed by atoms with van der Waals surface area (Å²) in [6.45, 7) is 6.72. The van der Waals surface area contributed by atoms with Gasteiger partial charge in [0.1, 0.15) is 6.04 Å². The fourth-order valence-electron chi connectivity index (χ4n) is 3.61. The average molecular weight is 509 g/mol. The molecular formula is C26H34Cl2N2O4. The van der Waals surface area contributed by atoms with Crippen molar-refractivity contribution in [3.8, 4) is 11.5 Å². The van der Waals surface area contributed by atoms with Crippen molar-refractivity contribution in [1.82, 2.24) is 10.2 Å². The molecular weight excluding hydrogens is 475 g/mol. The Morgan fingerprint density at radius 2 is 1.74 bits per heavy atom. The molecule has 186 valence electrons. The summed E-state index contributed by atoms with van der Waals surface area (Å²) in [4.78, 5) is 28.0. The first kappa shape index (κ1) is 27.8. The zero-order valence-electron chi connectivity index (χ0n) is 20.5. The van der Waals surface area contributed by atoms with E-state index in [4.69, 9.17) is 32.7 Å². The SMILES string of the molecule is CCC(C(=O)NCC(C)C)N(Cc1ccc(Cl)cc1Cl)C(=O)CCc1ccc(OC)c(OC)c1. The number of rotatable bonds is 12. The Labute approximate surface area is 212 Å². The number of aryl methyl sites for hydroxylation is 1. The number of nitrogens with one attached hydrogen (secondary N) is 1. The minimum Gasteiger partial charge on any atom is -0.493 e. The summed E-state index contributed by atoms with van der Waals surface area (Å²) >= 11 is 12.4. The van der Waals surface area contributed by atoms with Crippen LogP contribution >= 0.6 is 23.2 Å². The maximum atomic E-state index is 13.4. The lowest BCUT2D eigenvalue weighted by Crippen LogP contribution is -2.49. The van der Waals surface area contributed by atoms with Crippen molar-refractivity contribution in [2.24, 2.45) is 5.92 Å². The van der Waals surface area contributed by atoms with E-state index in [1.165, 1.54) is 0 Å². The third kappa shape index (κ3) is 7.81. The van der Waals surface area contributed by atoms with Crippen LogP contribution in [0.5, 0.6) is 11.5 Å². The molecule has 6 nitrogen and oxygen atoms in total. The number of amides is 2. The third-order valence-electron chi connectivity index (χ3n) is 5.50. The summed E-state index contributed by atoms with van der Waals surface area (Å²) < 4.78 is 10.7. The van der Waals surface area contributed by atoms with Gasteiger partial charge in [-0.25, -0.2) is 0 Å². The molecule has 0 spiro atoms. The molecule has 0 aliphatic rings. The molecule has 0 saturated heterocycles. The number of carbonyl (C=O) groups excluding carboxylic acids is 2. The van der Waals surface area contributed by atoms with Crippen LogP contribution in [-0.2, 0) is 22.6 Å². The smallest absolute Gasteiger partial charge is 0.242 e. The molecule has 0 aliphatic carbocycles. The number of benzene rings is 2. The summed E-state index contributed by atoms with van der Waals surface area (Å²) in [5, 5.41) is 3.94. The van der Waals surface area contributed by atoms with Crippen molar-refractivity contribution in [2.45, 2.75) is 52.6 Å². The molecule has 0 bridgehead atoms. The van der Waals surface area contributed by atoms with Gasteiger partial charge < -0.3 is 19.7 Å². The van der Waals surface area contributed by atoms with Gasteiger partial charge in [-0.1, -0.05) is 56.1 Å². The highest BCUT2D eigenvalue weighted by atomic mass is 35.5. The van der Waals surface area contributed by atoms with Gasteiger partial charge in [0, 0.05) is 29.6 Å². The van der Waals surface area contributed by atoms with Gasteiger partial charge in [0.15, 0.2) is 11.5 Å². The lowest BCUT2D eigenvalue weighted by molar-refractivity contribution is -0.141. The average Bonchev–Trinajstić information content (AvgIpc) is 2.82. The van der Waals surface area contributed by atoms with Crippen molar-refractivity contribution >= 4 is 35.0 Å². The minimum atomic E-state index is -0.608. The Morgan fingerprint density at radius 1 is 1.03 bits per heavy atom. The normalized spacial score (nSPS) is 11.8. The molecule has 0 heterocycles. The Balaban J connectivity index is 2.26. The maximum Gasteiger partial charge on any atom is 0.242 e. The van der Waals surface area contributed by atoms with Crippen LogP contribution in [0.1, 0.15) is 44.7 Å². The second-order valence-electron chi connectivity index (χ2n) is 8.51. The van der Waals surface area contributed by atoms with Crippen molar-refractivity contribution in [3.63, 3.8) is 0 Å². The Kier molecular flexibility index (Phi) is 11.0. The van der Waals surface area contributed by atoms with Crippen LogP contribution in [0.3, 0.4) is 0 Å². The minimum absolute atomic E-state index is 0.132. The van der Waals surface area contributed by atoms with E-state index in [0.29, 0.717) is 46.8 Å². The lowest BCUT2D eigenvalue weighted by Gasteiger charge is -2.31. The van der Waals surface area contributed by atoms with E-state index in [2.05, 4.69) is 5.32 Å². The highest BCUT2D eigenvalue weighted by molar-refractivity contribution is 6.35. The maximum absolute atomic E-state index is 13.4. The van der Waals surface area contributed by atoms with E-state index in [1.807, 2.05) is 39.0 Å². The molecule has 34 heavy (non-hydrogen) atoms. The second kappa shape index (κ2) is 13.4. The zero-order chi connectivity index (χ0) is 25.3. The van der Waals surface area contributed by atoms with Crippen LogP contribution in [0.15, 0.2) is 36.4 Å². The van der Waals surface area contributed by atoms with Gasteiger partial charge in [-0.15, -0.1) is 0 Å². The van der Waals surface area contributed by atoms with Gasteiger partial charge in [0.05, 0.1) is 14.2 Å². The van der Waals surface area contributed by atoms with Crippen molar-refractivity contribution < 1.29 is 19.1 Å². The summed E-state index contributed by atoms with van der Waals surface area (Å²) in [6, 6.07) is 10.1. The molecule has 0 aliphatic heterocycles. The molecule has 2 aromatic carbocycles. The number of carbonyl (C=O) groups is 2. The standard InChI is InChI=1S/C26H34Cl2N2O4/c1-6-22(26(32)29-15-17(2)3)30(16-19-9-10-20(27)14-21(19)28)25(31)12-8-18-7-11-23(33-4)24(13-18)34-5/h7,9-11,13-14,17,22H,6,8,12,15-16H2,1-5H3,(H,29,32). The van der Waals surface area contributed by atoms with Gasteiger partial charge in [-0.2, -0.15) is 0 Å². The topological polar surface area (TPSA) is 67.9 Å². The van der Waals surface area contributed by atoms with Gasteiger partial charge in [-0.3, -0.25) is 9.59 Å². The van der Waals surface area contributed by atoms with Gasteiger partial charge in [0.25, 0.3) is 0 Å². The Bertz CT molecular complexity index is 981. The number of hydrogen-bond donors (Lipinski definition) is 1. The number of hydrogen-bond acceptors (Lipinski definition) is 4. The van der Waals surface area contributed by atoms with Crippen molar-refractivity contribution in [1.29, 1.82) is 0 Å². The molecule has 0 radical (unpaired) electrons. The van der Waals surface area contributed by atoms with E-state index in [-0.39, 0.29) is 24.8 Å². The monoisotopic (exact) mass is 508 g/mol. The lowest BCUT2D eigenvalue weighted by atomic mass is 10.1. The molecule has 8 heteroatoms. The number of nitrogens with zero attached hydrogens (tertiary/aromatic N) is 1. The molecule has 0 aromatic heterocycles. The van der Waals surface area contributed by atoms with Crippen LogP contribution < -0.4 is 14.8 Å². The first-order chi connectivity index (χ1) is 16.2. The van der Waals surface area contributed by atoms with Crippen LogP contribution in [-0.4, -0.2) is 43.5 Å². The number of halogens is 2. The molecule has 1 unspecified atom stereocenters. The van der Waals surface area contributed by atoms with Gasteiger partial charge in [-0.05, 0) is 54.2 Å². The van der Waals surface area contributed by atoms with Crippen LogP contribution in [0.2, 0.25) is 10.0 Å². The summed E-state index contributed by atoms with van der Waals surface area (Å²) in [5.74, 6) is 1.25. The second-order valence-corrected chi connectivity index (χ2v) is 9.35. The van der Waals surface area contributed by atoms with E-state index in [0.717, 1.165) is 11.1 Å². The van der Waals surface area contributed by atoms with Crippen molar-refractivity contribution in [2.75, 3.05) is 20.8 Å². The van der Waals surface area contributed by atoms with Crippen LogP contribution in [0.4, 0.5) is 0 Å². The Hall–Kier alpha value is -2.44. The predicted octanol–water partition coefficient (Wildman–Crippen LogP) is 5.52. The van der Waals surface area contributed by atoms with Gasteiger partial charge in [0.2, 0.25) is 11.8 Å². The molecule has 1 atom stereocenters. The predicted molar refractivity (Wildman–Crippen MR) is 137 cm³/mol. The van der Waals surface area contributed by atoms with Crippen LogP contribution in [0.25, 0.3) is 0 Å². The van der Waals surface area contributed by atoms with E-state index in [9.17, 15) is 9.59 Å². The van der Waals surface area contributed by atoms with E-state index >= 15 is 0 Å². The largest absolute Gasteiger partial charge is 0.493 e. The summed E-state index contributed by atoms with van der Waals surface area (Å²) in [7, 11) is 3.15. The first-order valence-electron chi connectivity index (χ1n) is 11.4. The summed E-state index contributed by atoms with van der Waals surface area (Å²) in [5.41, 5.74) is 1.67. The molecule has 0 saturated carbocycles. The van der Waals surface area contributed by atoms with Gasteiger partial charge >= 0.3 is 0 Å². The molecule has 2 rings (SSSR count). The van der Waals surface area contributed by atoms with Crippen LogP contribution in [0, 0.1) is 5.92 Å². The highest BCUT2D eigenvalue weighted by Crippen LogP contribution is 2.28. The highest BCUT2D eigenvalue weighted by Gasteiger charge is 2.29. The first-order valence-corrected chi connectivity index (χ1v) is 12.2.